The van der Waals surface area contributed by atoms with Gasteiger partial charge in [-0.1, -0.05) is 199 Å². The highest BCUT2D eigenvalue weighted by Gasteiger charge is 2.26. The van der Waals surface area contributed by atoms with Crippen LogP contribution in [0.15, 0.2) is 206 Å². The lowest BCUT2D eigenvalue weighted by molar-refractivity contribution is -0.660. The predicted octanol–water partition coefficient (Wildman–Crippen LogP) is 15.8. The second kappa shape index (κ2) is 17.6. The van der Waals surface area contributed by atoms with Crippen molar-refractivity contribution >= 4 is 21.8 Å². The summed E-state index contributed by atoms with van der Waals surface area (Å²) < 4.78 is 13.1. The number of nitrogens with zero attached hydrogens (tertiary/aromatic N) is 5. The van der Waals surface area contributed by atoms with Gasteiger partial charge in [0.2, 0.25) is 0 Å². The summed E-state index contributed by atoms with van der Waals surface area (Å²) in [5.74, 6) is 3.00. The number of hydrogen-bond donors (Lipinski definition) is 0. The van der Waals surface area contributed by atoms with Crippen LogP contribution in [-0.2, 0) is 10.8 Å². The summed E-state index contributed by atoms with van der Waals surface area (Å²) in [5.41, 5.74) is 15.0. The first-order valence-corrected chi connectivity index (χ1v) is 24.1. The molecule has 3 aromatic heterocycles. The maximum atomic E-state index is 6.88. The summed E-state index contributed by atoms with van der Waals surface area (Å²) in [4.78, 5) is 5.07. The van der Waals surface area contributed by atoms with Crippen molar-refractivity contribution in [2.75, 3.05) is 0 Å². The molecule has 0 amide bonds. The van der Waals surface area contributed by atoms with Gasteiger partial charge in [0.1, 0.15) is 17.3 Å². The molecule has 0 spiro atoms. The van der Waals surface area contributed by atoms with Crippen LogP contribution in [-0.4, -0.2) is 19.2 Å². The Bertz CT molecular complexity index is 3610. The summed E-state index contributed by atoms with van der Waals surface area (Å²) in [5, 5.41) is 7.84. The van der Waals surface area contributed by atoms with Gasteiger partial charge in [-0.25, -0.2) is 4.98 Å². The van der Waals surface area contributed by atoms with Gasteiger partial charge < -0.3 is 4.74 Å². The monoisotopic (exact) mass is 909 g/mol. The molecule has 8 aromatic carbocycles. The van der Waals surface area contributed by atoms with E-state index in [2.05, 4.69) is 246 Å². The van der Waals surface area contributed by atoms with Crippen molar-refractivity contribution in [1.29, 1.82) is 0 Å². The third kappa shape index (κ3) is 8.36. The van der Waals surface area contributed by atoms with Crippen LogP contribution in [0.2, 0.25) is 0 Å². The van der Waals surface area contributed by atoms with E-state index in [0.29, 0.717) is 11.5 Å². The van der Waals surface area contributed by atoms with Crippen molar-refractivity contribution < 1.29 is 9.42 Å². The average molecular weight is 910 g/mol. The molecule has 0 unspecified atom stereocenters. The van der Waals surface area contributed by atoms with Crippen LogP contribution >= 0.6 is 0 Å². The number of rotatable bonds is 9. The van der Waals surface area contributed by atoms with E-state index in [9.17, 15) is 0 Å². The summed E-state index contributed by atoms with van der Waals surface area (Å²) in [7, 11) is 0. The standard InChI is InChI=1S/C64H55N5O/c1-43-35-60(65-41-57(43)46-25-15-10-16-26-46)69-58-32-18-17-29-55(58)56-34-33-52(40-59(56)69)70-51-28-19-27-49(39-51)67-42-68(50-37-47(63(2,3)4)36-48(38-50)64(5,6)7)66-62(67)61-53(44-21-11-8-12-22-44)30-20-31-54(61)45-23-13-9-14-24-45/h8-41H,1-7H3. The van der Waals surface area contributed by atoms with Gasteiger partial charge in [-0.2, -0.15) is 4.68 Å². The summed E-state index contributed by atoms with van der Waals surface area (Å²) >= 11 is 0. The lowest BCUT2D eigenvalue weighted by Crippen LogP contribution is -2.34. The fraction of sp³-hybridized carbons (Fsp3) is 0.141. The van der Waals surface area contributed by atoms with Gasteiger partial charge in [-0.05, 0) is 98.7 Å². The molecule has 0 N–H and O–H groups in total. The Morgan fingerprint density at radius 3 is 1.67 bits per heavy atom. The molecule has 0 saturated carbocycles. The largest absolute Gasteiger partial charge is 0.458 e. The molecule has 11 rings (SSSR count). The van der Waals surface area contributed by atoms with E-state index < -0.39 is 0 Å². The molecular weight excluding hydrogens is 855 g/mol. The Hall–Kier alpha value is -8.35. The lowest BCUT2D eigenvalue weighted by atomic mass is 9.80. The summed E-state index contributed by atoms with van der Waals surface area (Å²) in [6.45, 7) is 15.8. The fourth-order valence-corrected chi connectivity index (χ4v) is 9.54. The number of aryl methyl sites for hydroxylation is 1. The number of fused-ring (bicyclic) bond motifs is 3. The number of hydrogen-bond acceptors (Lipinski definition) is 3. The van der Waals surface area contributed by atoms with Crippen molar-refractivity contribution in [2.45, 2.75) is 59.3 Å². The first-order valence-electron chi connectivity index (χ1n) is 24.1. The lowest BCUT2D eigenvalue weighted by Gasteiger charge is -2.26. The third-order valence-electron chi connectivity index (χ3n) is 13.3. The van der Waals surface area contributed by atoms with Crippen LogP contribution in [0, 0.1) is 13.3 Å². The van der Waals surface area contributed by atoms with E-state index in [-0.39, 0.29) is 10.8 Å². The topological polar surface area (TPSA) is 48.8 Å². The summed E-state index contributed by atoms with van der Waals surface area (Å²) in [6, 6.07) is 70.3. The smallest absolute Gasteiger partial charge is 0.273 e. The second-order valence-electron chi connectivity index (χ2n) is 20.3. The first kappa shape index (κ1) is 44.2. The average Bonchev–Trinajstić information content (AvgIpc) is 3.96. The van der Waals surface area contributed by atoms with Crippen LogP contribution in [0.4, 0.5) is 0 Å². The molecule has 0 aliphatic rings. The molecule has 70 heavy (non-hydrogen) atoms. The molecule has 6 heteroatoms. The van der Waals surface area contributed by atoms with Crippen LogP contribution < -0.4 is 9.42 Å². The number of pyridine rings is 1. The molecule has 11 aromatic rings. The van der Waals surface area contributed by atoms with Crippen molar-refractivity contribution in [3.63, 3.8) is 0 Å². The Kier molecular flexibility index (Phi) is 11.1. The number of para-hydroxylation sites is 1. The van der Waals surface area contributed by atoms with Crippen LogP contribution in [0.1, 0.15) is 58.2 Å². The zero-order valence-electron chi connectivity index (χ0n) is 40.8. The van der Waals surface area contributed by atoms with Crippen LogP contribution in [0.5, 0.6) is 11.5 Å². The molecule has 0 aliphatic heterocycles. The maximum Gasteiger partial charge on any atom is 0.273 e. The van der Waals surface area contributed by atoms with Gasteiger partial charge in [0.15, 0.2) is 5.82 Å². The van der Waals surface area contributed by atoms with Gasteiger partial charge in [-0.3, -0.25) is 9.13 Å². The van der Waals surface area contributed by atoms with E-state index in [0.717, 1.165) is 89.3 Å². The fourth-order valence-electron chi connectivity index (χ4n) is 9.54. The molecule has 0 radical (unpaired) electrons. The quantitative estimate of drug-likeness (QED) is 0.107. The van der Waals surface area contributed by atoms with Crippen molar-refractivity contribution in [3.8, 4) is 73.5 Å². The van der Waals surface area contributed by atoms with Crippen molar-refractivity contribution in [2.24, 2.45) is 0 Å². The number of aromatic nitrogens is 5. The second-order valence-corrected chi connectivity index (χ2v) is 20.3. The first-order chi connectivity index (χ1) is 33.9. The van der Waals surface area contributed by atoms with E-state index in [1.54, 1.807) is 0 Å². The van der Waals surface area contributed by atoms with E-state index in [1.165, 1.54) is 11.1 Å². The number of benzene rings is 8. The number of ether oxygens (including phenoxy) is 1. The molecule has 6 nitrogen and oxygen atoms in total. The van der Waals surface area contributed by atoms with E-state index in [4.69, 9.17) is 14.8 Å². The molecule has 0 atom stereocenters. The Morgan fingerprint density at radius 2 is 1.06 bits per heavy atom. The minimum Gasteiger partial charge on any atom is -0.458 e. The normalized spacial score (nSPS) is 11.9. The molecule has 342 valence electrons. The Morgan fingerprint density at radius 1 is 0.500 bits per heavy atom. The van der Waals surface area contributed by atoms with Gasteiger partial charge in [0.25, 0.3) is 6.33 Å². The van der Waals surface area contributed by atoms with E-state index in [1.807, 2.05) is 29.1 Å². The van der Waals surface area contributed by atoms with Gasteiger partial charge in [0.05, 0.1) is 22.4 Å². The van der Waals surface area contributed by atoms with Gasteiger partial charge in [-0.15, -0.1) is 5.10 Å². The van der Waals surface area contributed by atoms with E-state index >= 15 is 0 Å². The SMILES string of the molecule is Cc1cc(-n2c3ccccc3c3ccc(Oc4cccc(-n5[c-][n+](-c6cc(C(C)(C)C)cc(C(C)(C)C)c6)nc5-c5c(-c6ccccc6)cccc5-c5ccccc5)c4)cc32)ncc1-c1ccccc1. The zero-order valence-corrected chi connectivity index (χ0v) is 40.8. The third-order valence-corrected chi connectivity index (χ3v) is 13.3. The molecular formula is C64H55N5O. The molecule has 0 bridgehead atoms. The Balaban J connectivity index is 1.07. The molecule has 3 heterocycles. The minimum absolute atomic E-state index is 0.0894. The molecule has 0 fully saturated rings. The highest BCUT2D eigenvalue weighted by atomic mass is 16.5. The highest BCUT2D eigenvalue weighted by Crippen LogP contribution is 2.41. The predicted molar refractivity (Wildman–Crippen MR) is 286 cm³/mol. The van der Waals surface area contributed by atoms with Gasteiger partial charge >= 0.3 is 0 Å². The van der Waals surface area contributed by atoms with Crippen LogP contribution in [0.25, 0.3) is 83.8 Å². The Labute approximate surface area is 410 Å². The minimum atomic E-state index is -0.0894. The zero-order chi connectivity index (χ0) is 48.1. The molecule has 0 aliphatic carbocycles. The highest BCUT2D eigenvalue weighted by molar-refractivity contribution is 6.09. The summed E-state index contributed by atoms with van der Waals surface area (Å²) in [6.07, 6.45) is 5.75. The molecule has 0 saturated heterocycles. The van der Waals surface area contributed by atoms with Gasteiger partial charge in [0, 0.05) is 34.2 Å². The van der Waals surface area contributed by atoms with Crippen molar-refractivity contribution in [3.05, 3.63) is 229 Å². The maximum absolute atomic E-state index is 6.88. The van der Waals surface area contributed by atoms with Crippen LogP contribution in [0.3, 0.4) is 0 Å². The van der Waals surface area contributed by atoms with Crippen molar-refractivity contribution in [1.82, 2.24) is 19.2 Å².